The molecule has 0 saturated heterocycles. The van der Waals surface area contributed by atoms with E-state index in [1.165, 1.54) is 0 Å². The molecule has 0 saturated carbocycles. The van der Waals surface area contributed by atoms with Gasteiger partial charge in [-0.05, 0) is 19.9 Å². The average Bonchev–Trinajstić information content (AvgIpc) is 2.45. The molecule has 4 nitrogen and oxygen atoms in total. The molecule has 4 heteroatoms. The third-order valence-corrected chi connectivity index (χ3v) is 1.67. The second-order valence-electron chi connectivity index (χ2n) is 2.61. The molecule has 0 aromatic carbocycles. The summed E-state index contributed by atoms with van der Waals surface area (Å²) in [6.07, 6.45) is 0. The monoisotopic (exact) mass is 167 g/mol. The number of nitrogens with zero attached hydrogens (tertiary/aromatic N) is 2. The molecule has 1 aromatic heterocycles. The summed E-state index contributed by atoms with van der Waals surface area (Å²) >= 11 is 0. The summed E-state index contributed by atoms with van der Waals surface area (Å²) in [7, 11) is 0. The molecule has 0 aliphatic carbocycles. The molecule has 0 spiro atoms. The summed E-state index contributed by atoms with van der Waals surface area (Å²) in [5, 5.41) is 4.14. The fourth-order valence-electron chi connectivity index (χ4n) is 1.12. The molecule has 1 rings (SSSR count). The highest BCUT2D eigenvalue weighted by molar-refractivity contribution is 5.96. The third kappa shape index (κ3) is 1.53. The van der Waals surface area contributed by atoms with Gasteiger partial charge >= 0.3 is 0 Å². The summed E-state index contributed by atoms with van der Waals surface area (Å²) in [6.45, 7) is 4.55. The van der Waals surface area contributed by atoms with Gasteiger partial charge in [0.15, 0.2) is 5.78 Å². The highest BCUT2D eigenvalue weighted by atomic mass is 16.1. The summed E-state index contributed by atoms with van der Waals surface area (Å²) in [6, 6.07) is 1.76. The normalized spacial score (nSPS) is 10.2. The fourth-order valence-corrected chi connectivity index (χ4v) is 1.12. The van der Waals surface area contributed by atoms with E-state index in [-0.39, 0.29) is 12.3 Å². The van der Waals surface area contributed by atoms with Crippen LogP contribution in [0.5, 0.6) is 0 Å². The highest BCUT2D eigenvalue weighted by Crippen LogP contribution is 2.03. The van der Waals surface area contributed by atoms with E-state index < -0.39 is 0 Å². The van der Waals surface area contributed by atoms with E-state index in [0.29, 0.717) is 12.2 Å². The molecule has 1 heterocycles. The molecular weight excluding hydrogens is 154 g/mol. The van der Waals surface area contributed by atoms with Crippen LogP contribution in [-0.2, 0) is 6.54 Å². The predicted octanol–water partition coefficient (Wildman–Crippen LogP) is 0.353. The molecular formula is C8H13N3O. The van der Waals surface area contributed by atoms with Crippen LogP contribution in [0.3, 0.4) is 0 Å². The quantitative estimate of drug-likeness (QED) is 0.661. The number of aryl methyl sites for hydroxylation is 2. The van der Waals surface area contributed by atoms with Gasteiger partial charge in [0.05, 0.1) is 12.2 Å². The minimum Gasteiger partial charge on any atom is -0.324 e. The summed E-state index contributed by atoms with van der Waals surface area (Å²) in [5.41, 5.74) is 6.71. The van der Waals surface area contributed by atoms with Crippen LogP contribution in [0.25, 0.3) is 0 Å². The van der Waals surface area contributed by atoms with E-state index >= 15 is 0 Å². The number of aromatic nitrogens is 2. The van der Waals surface area contributed by atoms with Gasteiger partial charge in [-0.1, -0.05) is 0 Å². The third-order valence-electron chi connectivity index (χ3n) is 1.67. The molecule has 1 aromatic rings. The SMILES string of the molecule is CCn1nc(C)cc1C(=O)CN. The Morgan fingerprint density at radius 3 is 2.92 bits per heavy atom. The van der Waals surface area contributed by atoms with Crippen LogP contribution < -0.4 is 5.73 Å². The predicted molar refractivity (Wildman–Crippen MR) is 46.0 cm³/mol. The maximum atomic E-state index is 11.2. The Morgan fingerprint density at radius 2 is 2.42 bits per heavy atom. The first-order valence-electron chi connectivity index (χ1n) is 3.96. The number of carbonyl (C=O) groups excluding carboxylic acids is 1. The van der Waals surface area contributed by atoms with Gasteiger partial charge in [-0.25, -0.2) is 0 Å². The van der Waals surface area contributed by atoms with Crippen LogP contribution in [-0.4, -0.2) is 22.1 Å². The number of Topliss-reactive ketones (excluding diaryl/α,β-unsaturated/α-hetero) is 1. The van der Waals surface area contributed by atoms with Gasteiger partial charge in [-0.2, -0.15) is 5.10 Å². The van der Waals surface area contributed by atoms with E-state index in [1.54, 1.807) is 10.7 Å². The molecule has 0 aliphatic heterocycles. The lowest BCUT2D eigenvalue weighted by Gasteiger charge is -2.00. The van der Waals surface area contributed by atoms with Gasteiger partial charge in [0.2, 0.25) is 0 Å². The Labute approximate surface area is 71.4 Å². The van der Waals surface area contributed by atoms with Gasteiger partial charge in [-0.15, -0.1) is 0 Å². The van der Waals surface area contributed by atoms with Crippen molar-refractivity contribution in [2.24, 2.45) is 5.73 Å². The lowest BCUT2D eigenvalue weighted by molar-refractivity contribution is 0.0991. The molecule has 12 heavy (non-hydrogen) atoms. The first-order valence-corrected chi connectivity index (χ1v) is 3.96. The zero-order valence-corrected chi connectivity index (χ0v) is 7.37. The zero-order chi connectivity index (χ0) is 9.14. The molecule has 0 amide bonds. The largest absolute Gasteiger partial charge is 0.324 e. The topological polar surface area (TPSA) is 60.9 Å². The van der Waals surface area contributed by atoms with E-state index in [0.717, 1.165) is 5.69 Å². The molecule has 0 bridgehead atoms. The maximum absolute atomic E-state index is 11.2. The van der Waals surface area contributed by atoms with Crippen LogP contribution >= 0.6 is 0 Å². The van der Waals surface area contributed by atoms with Crippen molar-refractivity contribution in [3.05, 3.63) is 17.5 Å². The number of ketones is 1. The standard InChI is InChI=1S/C8H13N3O/c1-3-11-7(8(12)5-9)4-6(2)10-11/h4H,3,5,9H2,1-2H3. The van der Waals surface area contributed by atoms with Crippen molar-refractivity contribution in [3.63, 3.8) is 0 Å². The average molecular weight is 167 g/mol. The number of carbonyl (C=O) groups is 1. The highest BCUT2D eigenvalue weighted by Gasteiger charge is 2.10. The Kier molecular flexibility index (Phi) is 2.60. The van der Waals surface area contributed by atoms with Crippen molar-refractivity contribution in [1.82, 2.24) is 9.78 Å². The fraction of sp³-hybridized carbons (Fsp3) is 0.500. The van der Waals surface area contributed by atoms with Gasteiger partial charge in [0.25, 0.3) is 0 Å². The van der Waals surface area contributed by atoms with Crippen molar-refractivity contribution < 1.29 is 4.79 Å². The Bertz CT molecular complexity index is 290. The zero-order valence-electron chi connectivity index (χ0n) is 7.37. The van der Waals surface area contributed by atoms with E-state index in [2.05, 4.69) is 5.10 Å². The second-order valence-corrected chi connectivity index (χ2v) is 2.61. The lowest BCUT2D eigenvalue weighted by atomic mass is 10.2. The number of nitrogens with two attached hydrogens (primary N) is 1. The van der Waals surface area contributed by atoms with Gasteiger partial charge < -0.3 is 5.73 Å². The van der Waals surface area contributed by atoms with Crippen molar-refractivity contribution in [3.8, 4) is 0 Å². The summed E-state index contributed by atoms with van der Waals surface area (Å²) < 4.78 is 1.67. The van der Waals surface area contributed by atoms with Crippen LogP contribution in [0.2, 0.25) is 0 Å². The number of hydrogen-bond donors (Lipinski definition) is 1. The van der Waals surface area contributed by atoms with Crippen LogP contribution in [0, 0.1) is 6.92 Å². The molecule has 0 atom stereocenters. The Morgan fingerprint density at radius 1 is 1.75 bits per heavy atom. The van der Waals surface area contributed by atoms with Crippen molar-refractivity contribution in [1.29, 1.82) is 0 Å². The van der Waals surface area contributed by atoms with Gasteiger partial charge in [0, 0.05) is 6.54 Å². The van der Waals surface area contributed by atoms with Gasteiger partial charge in [0.1, 0.15) is 5.69 Å². The van der Waals surface area contributed by atoms with E-state index in [4.69, 9.17) is 5.73 Å². The first kappa shape index (κ1) is 8.93. The minimum atomic E-state index is -0.0579. The van der Waals surface area contributed by atoms with E-state index in [9.17, 15) is 4.79 Å². The second kappa shape index (κ2) is 3.49. The van der Waals surface area contributed by atoms with Crippen LogP contribution in [0.4, 0.5) is 0 Å². The lowest BCUT2D eigenvalue weighted by Crippen LogP contribution is -2.18. The minimum absolute atomic E-state index is 0.0468. The number of hydrogen-bond acceptors (Lipinski definition) is 3. The van der Waals surface area contributed by atoms with Gasteiger partial charge in [-0.3, -0.25) is 9.48 Å². The van der Waals surface area contributed by atoms with Crippen molar-refractivity contribution in [2.75, 3.05) is 6.54 Å². The smallest absolute Gasteiger partial charge is 0.194 e. The molecule has 2 N–H and O–H groups in total. The van der Waals surface area contributed by atoms with E-state index in [1.807, 2.05) is 13.8 Å². The van der Waals surface area contributed by atoms with Crippen molar-refractivity contribution >= 4 is 5.78 Å². The number of rotatable bonds is 3. The Hall–Kier alpha value is -1.16. The molecule has 0 unspecified atom stereocenters. The van der Waals surface area contributed by atoms with Crippen LogP contribution in [0.15, 0.2) is 6.07 Å². The molecule has 66 valence electrons. The van der Waals surface area contributed by atoms with Crippen molar-refractivity contribution in [2.45, 2.75) is 20.4 Å². The van der Waals surface area contributed by atoms with Crippen LogP contribution in [0.1, 0.15) is 23.1 Å². The Balaban J connectivity index is 3.04. The summed E-state index contributed by atoms with van der Waals surface area (Å²) in [4.78, 5) is 11.2. The molecule has 0 aliphatic rings. The first-order chi connectivity index (χ1) is 5.69. The summed E-state index contributed by atoms with van der Waals surface area (Å²) in [5.74, 6) is -0.0579. The molecule has 0 radical (unpaired) electrons. The maximum Gasteiger partial charge on any atom is 0.194 e. The molecule has 0 fully saturated rings.